The summed E-state index contributed by atoms with van der Waals surface area (Å²) in [5.74, 6) is 0.725. The minimum absolute atomic E-state index is 0.313. The normalized spacial score (nSPS) is 12.8. The molecule has 1 aromatic heterocycles. The highest BCUT2D eigenvalue weighted by Gasteiger charge is 2.13. The van der Waals surface area contributed by atoms with E-state index in [9.17, 15) is 5.11 Å². The minimum Gasteiger partial charge on any atom is -0.389 e. The van der Waals surface area contributed by atoms with Gasteiger partial charge in [0.1, 0.15) is 0 Å². The number of tetrazole rings is 1. The van der Waals surface area contributed by atoms with Crippen LogP contribution in [0, 0.1) is 0 Å². The molecule has 108 valence electrons. The summed E-state index contributed by atoms with van der Waals surface area (Å²) in [4.78, 5) is 1.95. The van der Waals surface area contributed by atoms with E-state index in [-0.39, 0.29) is 0 Å². The second-order valence-corrected chi connectivity index (χ2v) is 4.65. The Hall–Kier alpha value is -1.83. The summed E-state index contributed by atoms with van der Waals surface area (Å²) in [6, 6.07) is 9.71. The van der Waals surface area contributed by atoms with E-state index in [1.54, 1.807) is 11.8 Å². The van der Waals surface area contributed by atoms with Crippen LogP contribution in [0.15, 0.2) is 30.3 Å². The first-order valence-electron chi connectivity index (χ1n) is 6.39. The third-order valence-electron chi connectivity index (χ3n) is 2.83. The zero-order valence-electron chi connectivity index (χ0n) is 11.7. The molecule has 1 atom stereocenters. The van der Waals surface area contributed by atoms with E-state index in [1.807, 2.05) is 42.3 Å². The fourth-order valence-electron chi connectivity index (χ4n) is 1.98. The summed E-state index contributed by atoms with van der Waals surface area (Å²) in [5, 5.41) is 21.5. The van der Waals surface area contributed by atoms with Gasteiger partial charge in [-0.05, 0) is 29.6 Å². The van der Waals surface area contributed by atoms with E-state index in [1.165, 1.54) is 0 Å². The molecule has 0 aliphatic heterocycles. The standard InChI is InChI=1S/C13H19N5O2/c1-17(8-12(19)10-20-2)9-13-14-15-16-18(13)11-6-4-3-5-7-11/h3-7,12,19H,8-10H2,1-2H3. The number of hydrogen-bond donors (Lipinski definition) is 1. The van der Waals surface area contributed by atoms with E-state index in [0.717, 1.165) is 11.5 Å². The summed E-state index contributed by atoms with van der Waals surface area (Å²) < 4.78 is 6.60. The Balaban J connectivity index is 2.02. The van der Waals surface area contributed by atoms with Crippen LogP contribution in [0.4, 0.5) is 0 Å². The van der Waals surface area contributed by atoms with Crippen molar-refractivity contribution in [1.29, 1.82) is 0 Å². The second-order valence-electron chi connectivity index (χ2n) is 4.65. The number of benzene rings is 1. The molecule has 0 aliphatic carbocycles. The first-order valence-corrected chi connectivity index (χ1v) is 6.39. The fraction of sp³-hybridized carbons (Fsp3) is 0.462. The molecule has 0 saturated heterocycles. The van der Waals surface area contributed by atoms with Crippen molar-refractivity contribution in [3.8, 4) is 5.69 Å². The summed E-state index contributed by atoms with van der Waals surface area (Å²) in [5.41, 5.74) is 0.915. The maximum atomic E-state index is 9.71. The van der Waals surface area contributed by atoms with Crippen LogP contribution in [0.5, 0.6) is 0 Å². The zero-order valence-corrected chi connectivity index (χ0v) is 11.7. The van der Waals surface area contributed by atoms with Crippen LogP contribution in [-0.2, 0) is 11.3 Å². The molecule has 0 spiro atoms. The summed E-state index contributed by atoms with van der Waals surface area (Å²) >= 11 is 0. The number of para-hydroxylation sites is 1. The maximum absolute atomic E-state index is 9.71. The van der Waals surface area contributed by atoms with Gasteiger partial charge < -0.3 is 9.84 Å². The van der Waals surface area contributed by atoms with Crippen molar-refractivity contribution < 1.29 is 9.84 Å². The second kappa shape index (κ2) is 7.09. The molecule has 0 bridgehead atoms. The van der Waals surface area contributed by atoms with Crippen molar-refractivity contribution in [3.63, 3.8) is 0 Å². The van der Waals surface area contributed by atoms with Crippen molar-refractivity contribution in [2.45, 2.75) is 12.6 Å². The topological polar surface area (TPSA) is 76.3 Å². The predicted octanol–water partition coefficient (Wildman–Crippen LogP) is 0.101. The van der Waals surface area contributed by atoms with Gasteiger partial charge in [-0.3, -0.25) is 4.90 Å². The molecular formula is C13H19N5O2. The molecule has 0 amide bonds. The number of nitrogens with zero attached hydrogens (tertiary/aromatic N) is 5. The van der Waals surface area contributed by atoms with Crippen LogP contribution in [0.25, 0.3) is 5.69 Å². The lowest BCUT2D eigenvalue weighted by Crippen LogP contribution is -2.32. The van der Waals surface area contributed by atoms with Gasteiger partial charge in [-0.2, -0.15) is 4.68 Å². The van der Waals surface area contributed by atoms with Gasteiger partial charge in [0, 0.05) is 13.7 Å². The van der Waals surface area contributed by atoms with Crippen molar-refractivity contribution in [3.05, 3.63) is 36.2 Å². The fourth-order valence-corrected chi connectivity index (χ4v) is 1.98. The van der Waals surface area contributed by atoms with Gasteiger partial charge in [-0.15, -0.1) is 5.10 Å². The number of methoxy groups -OCH3 is 1. The Labute approximate surface area is 117 Å². The smallest absolute Gasteiger partial charge is 0.170 e. The third-order valence-corrected chi connectivity index (χ3v) is 2.83. The first kappa shape index (κ1) is 14.6. The molecule has 7 heteroatoms. The highest BCUT2D eigenvalue weighted by Crippen LogP contribution is 2.08. The van der Waals surface area contributed by atoms with Crippen molar-refractivity contribution >= 4 is 0 Å². The average Bonchev–Trinajstić information content (AvgIpc) is 2.87. The summed E-state index contributed by atoms with van der Waals surface area (Å²) in [7, 11) is 3.47. The van der Waals surface area contributed by atoms with Gasteiger partial charge >= 0.3 is 0 Å². The van der Waals surface area contributed by atoms with Gasteiger partial charge in [-0.1, -0.05) is 18.2 Å². The van der Waals surface area contributed by atoms with E-state index < -0.39 is 6.10 Å². The summed E-state index contributed by atoms with van der Waals surface area (Å²) in [6.45, 7) is 1.35. The Morgan fingerprint density at radius 1 is 1.35 bits per heavy atom. The van der Waals surface area contributed by atoms with Crippen molar-refractivity contribution in [2.75, 3.05) is 27.3 Å². The molecule has 0 aliphatic rings. The summed E-state index contributed by atoms with van der Waals surface area (Å²) in [6.07, 6.45) is -0.522. The molecule has 0 saturated carbocycles. The van der Waals surface area contributed by atoms with E-state index in [0.29, 0.717) is 19.7 Å². The first-order chi connectivity index (χ1) is 9.70. The van der Waals surface area contributed by atoms with Crippen LogP contribution in [0.1, 0.15) is 5.82 Å². The van der Waals surface area contributed by atoms with Crippen LogP contribution >= 0.6 is 0 Å². The molecule has 7 nitrogen and oxygen atoms in total. The van der Waals surface area contributed by atoms with Crippen LogP contribution in [-0.4, -0.2) is 63.6 Å². The largest absolute Gasteiger partial charge is 0.389 e. The lowest BCUT2D eigenvalue weighted by atomic mass is 10.3. The molecule has 0 fully saturated rings. The molecule has 1 unspecified atom stereocenters. The highest BCUT2D eigenvalue weighted by atomic mass is 16.5. The minimum atomic E-state index is -0.522. The molecule has 1 aromatic carbocycles. The Morgan fingerprint density at radius 2 is 2.10 bits per heavy atom. The van der Waals surface area contributed by atoms with Gasteiger partial charge in [0.15, 0.2) is 5.82 Å². The van der Waals surface area contributed by atoms with Gasteiger partial charge in [-0.25, -0.2) is 0 Å². The monoisotopic (exact) mass is 277 g/mol. The SMILES string of the molecule is COCC(O)CN(C)Cc1nnnn1-c1ccccc1. The van der Waals surface area contributed by atoms with Gasteiger partial charge in [0.05, 0.1) is 24.9 Å². The van der Waals surface area contributed by atoms with E-state index >= 15 is 0 Å². The number of aromatic nitrogens is 4. The van der Waals surface area contributed by atoms with Crippen molar-refractivity contribution in [2.24, 2.45) is 0 Å². The number of ether oxygens (including phenoxy) is 1. The lowest BCUT2D eigenvalue weighted by Gasteiger charge is -2.19. The molecule has 0 radical (unpaired) electrons. The molecule has 2 aromatic rings. The third kappa shape index (κ3) is 3.83. The molecule has 1 N–H and O–H groups in total. The highest BCUT2D eigenvalue weighted by molar-refractivity contribution is 5.30. The van der Waals surface area contributed by atoms with Gasteiger partial charge in [0.2, 0.25) is 0 Å². The maximum Gasteiger partial charge on any atom is 0.170 e. The number of likely N-dealkylation sites (N-methyl/N-ethyl adjacent to an activating group) is 1. The number of aliphatic hydroxyl groups is 1. The molecule has 2 rings (SSSR count). The van der Waals surface area contributed by atoms with Crippen molar-refractivity contribution in [1.82, 2.24) is 25.1 Å². The number of rotatable bonds is 7. The Kier molecular flexibility index (Phi) is 5.16. The number of hydrogen-bond acceptors (Lipinski definition) is 6. The average molecular weight is 277 g/mol. The quantitative estimate of drug-likeness (QED) is 0.773. The number of aliphatic hydroxyl groups excluding tert-OH is 1. The van der Waals surface area contributed by atoms with Crippen LogP contribution < -0.4 is 0 Å². The van der Waals surface area contributed by atoms with E-state index in [4.69, 9.17) is 4.74 Å². The molecule has 20 heavy (non-hydrogen) atoms. The molecular weight excluding hydrogens is 258 g/mol. The Morgan fingerprint density at radius 3 is 2.80 bits per heavy atom. The zero-order chi connectivity index (χ0) is 14.4. The Bertz CT molecular complexity index is 516. The molecule has 1 heterocycles. The van der Waals surface area contributed by atoms with E-state index in [2.05, 4.69) is 15.5 Å². The van der Waals surface area contributed by atoms with Crippen LogP contribution in [0.2, 0.25) is 0 Å². The van der Waals surface area contributed by atoms with Gasteiger partial charge in [0.25, 0.3) is 0 Å². The lowest BCUT2D eigenvalue weighted by molar-refractivity contribution is 0.0413. The predicted molar refractivity (Wildman–Crippen MR) is 73.4 cm³/mol. The van der Waals surface area contributed by atoms with Crippen LogP contribution in [0.3, 0.4) is 0 Å².